The fraction of sp³-hybridized carbons (Fsp3) is 0.0404. The Morgan fingerprint density at radius 1 is 0.132 bits per heavy atom. The monoisotopic (exact) mass is 1360 g/mol. The second-order valence-electron chi connectivity index (χ2n) is 25.9. The summed E-state index contributed by atoms with van der Waals surface area (Å²) in [6.45, 7) is 8.26. The average Bonchev–Trinajstić information content (AvgIpc) is 0.842. The first-order valence-corrected chi connectivity index (χ1v) is 35.7. The number of hydrogen-bond acceptors (Lipinski definition) is 7. The molecule has 0 saturated heterocycles. The molecule has 0 bridgehead atoms. The van der Waals surface area contributed by atoms with Crippen molar-refractivity contribution in [1.82, 2.24) is 34.9 Å². The molecule has 0 aliphatic carbocycles. The van der Waals surface area contributed by atoms with Crippen LogP contribution in [0, 0.1) is 27.7 Å². The molecule has 0 aliphatic rings. The zero-order valence-electron chi connectivity index (χ0n) is 59.7. The molecule has 0 unspecified atom stereocenters. The zero-order valence-corrected chi connectivity index (χ0v) is 59.7. The third kappa shape index (κ3) is 17.9. The van der Waals surface area contributed by atoms with Crippen LogP contribution < -0.4 is 0 Å². The van der Waals surface area contributed by atoms with Gasteiger partial charge in [-0.1, -0.05) is 370 Å². The van der Waals surface area contributed by atoms with E-state index in [1.807, 2.05) is 117 Å². The summed E-state index contributed by atoms with van der Waals surface area (Å²) in [7, 11) is 0. The van der Waals surface area contributed by atoms with Crippen LogP contribution in [0.15, 0.2) is 394 Å². The molecule has 0 radical (unpaired) electrons. The van der Waals surface area contributed by atoms with E-state index >= 15 is 0 Å². The number of aryl methyl sites for hydroxylation is 4. The smallest absolute Gasteiger partial charge is 0.164 e. The van der Waals surface area contributed by atoms with Crippen LogP contribution in [0.25, 0.3) is 146 Å². The Labute approximate surface area is 621 Å². The summed E-state index contributed by atoms with van der Waals surface area (Å²) in [5.41, 5.74) is 29.0. The molecule has 17 aromatic rings. The van der Waals surface area contributed by atoms with Gasteiger partial charge in [0.25, 0.3) is 0 Å². The van der Waals surface area contributed by atoms with Gasteiger partial charge in [0.1, 0.15) is 0 Å². The van der Waals surface area contributed by atoms with Crippen molar-refractivity contribution in [1.29, 1.82) is 0 Å². The Balaban J connectivity index is 0.000000119. The van der Waals surface area contributed by atoms with E-state index in [1.165, 1.54) is 66.8 Å². The van der Waals surface area contributed by atoms with E-state index in [9.17, 15) is 0 Å². The van der Waals surface area contributed by atoms with Crippen LogP contribution >= 0.6 is 0 Å². The van der Waals surface area contributed by atoms with Crippen molar-refractivity contribution in [2.75, 3.05) is 0 Å². The van der Waals surface area contributed by atoms with Gasteiger partial charge in [-0.15, -0.1) is 0 Å². The summed E-state index contributed by atoms with van der Waals surface area (Å²) < 4.78 is 0. The maximum Gasteiger partial charge on any atom is 0.164 e. The number of hydrogen-bond donors (Lipinski definition) is 0. The minimum Gasteiger partial charge on any atom is -0.253 e. The fourth-order valence-electron chi connectivity index (χ4n) is 12.5. The van der Waals surface area contributed by atoms with Crippen molar-refractivity contribution < 1.29 is 0 Å². The second-order valence-corrected chi connectivity index (χ2v) is 25.9. The van der Waals surface area contributed by atoms with Crippen molar-refractivity contribution in [2.45, 2.75) is 27.7 Å². The molecule has 7 heteroatoms. The van der Waals surface area contributed by atoms with E-state index in [2.05, 4.69) is 310 Å². The number of nitrogens with zero attached hydrogens (tertiary/aromatic N) is 7. The van der Waals surface area contributed by atoms with Crippen molar-refractivity contribution in [2.24, 2.45) is 0 Å². The minimum atomic E-state index is 0.670. The van der Waals surface area contributed by atoms with E-state index in [1.54, 1.807) is 0 Å². The molecular formula is C99H77N7. The summed E-state index contributed by atoms with van der Waals surface area (Å²) in [5.74, 6) is 2.78. The lowest BCUT2D eigenvalue weighted by molar-refractivity contribution is 1.07. The molecular weight excluding hydrogens is 1290 g/mol. The van der Waals surface area contributed by atoms with Crippen LogP contribution in [-0.4, -0.2) is 34.9 Å². The van der Waals surface area contributed by atoms with Crippen LogP contribution in [0.2, 0.25) is 0 Å². The van der Waals surface area contributed by atoms with Gasteiger partial charge in [0, 0.05) is 55.9 Å². The van der Waals surface area contributed by atoms with Gasteiger partial charge in [0.05, 0.1) is 22.8 Å². The molecule has 0 fully saturated rings. The summed E-state index contributed by atoms with van der Waals surface area (Å²) in [6, 6.07) is 136. The van der Waals surface area contributed by atoms with Crippen LogP contribution in [0.5, 0.6) is 0 Å². The first kappa shape index (κ1) is 69.3. The number of aromatic nitrogens is 7. The molecule has 13 aromatic carbocycles. The van der Waals surface area contributed by atoms with E-state index in [0.29, 0.717) is 17.5 Å². The maximum atomic E-state index is 4.88. The first-order valence-electron chi connectivity index (χ1n) is 35.7. The zero-order chi connectivity index (χ0) is 72.2. The summed E-state index contributed by atoms with van der Waals surface area (Å²) in [5, 5.41) is 0. The predicted molar refractivity (Wildman–Crippen MR) is 440 cm³/mol. The van der Waals surface area contributed by atoms with Gasteiger partial charge < -0.3 is 0 Å². The number of pyridine rings is 2. The van der Waals surface area contributed by atoms with Gasteiger partial charge in [-0.2, -0.15) is 0 Å². The largest absolute Gasteiger partial charge is 0.253 e. The van der Waals surface area contributed by atoms with Gasteiger partial charge >= 0.3 is 0 Å². The van der Waals surface area contributed by atoms with Gasteiger partial charge in [0.2, 0.25) is 0 Å². The fourth-order valence-corrected chi connectivity index (χ4v) is 12.5. The van der Waals surface area contributed by atoms with Gasteiger partial charge in [-0.05, 0) is 119 Å². The average molecular weight is 1360 g/mol. The van der Waals surface area contributed by atoms with E-state index in [-0.39, 0.29) is 0 Å². The second kappa shape index (κ2) is 33.8. The maximum absolute atomic E-state index is 4.88. The van der Waals surface area contributed by atoms with Crippen LogP contribution in [0.3, 0.4) is 0 Å². The van der Waals surface area contributed by atoms with E-state index in [0.717, 1.165) is 84.5 Å². The van der Waals surface area contributed by atoms with Crippen LogP contribution in [-0.2, 0) is 0 Å². The number of benzene rings is 13. The van der Waals surface area contributed by atoms with Crippen molar-refractivity contribution in [3.63, 3.8) is 0 Å². The molecule has 0 aliphatic heterocycles. The standard InChI is InChI=1S/C28H21N3.2C24H19N.C23H18N2/c1-20-12-14-24(15-13-20)27-29-26(23-10-6-3-7-11-23)30-28(31-27)25-18-16-22(17-19-25)21-8-4-2-5-9-21;1-18-16-23(20-10-6-3-7-11-20)17-24(25-18)22-14-12-21(13-15-22)19-8-4-2-5-9-19;1-18-16-23(21-10-6-3-7-11-21)25-24(17-18)22-14-12-20(13-15-22)19-8-4-2-5-9-19;1-17-16-22(20-10-6-3-7-11-20)25-23(24-17)21-14-12-19(13-15-21)18-8-4-2-5-9-18/h2-19H,1H3;2*2-17H,1H3;2-16H,1H3. The van der Waals surface area contributed by atoms with Crippen LogP contribution in [0.1, 0.15) is 22.5 Å². The molecule has 0 saturated carbocycles. The Morgan fingerprint density at radius 2 is 0.349 bits per heavy atom. The summed E-state index contributed by atoms with van der Waals surface area (Å²) in [4.78, 5) is 33.4. The van der Waals surface area contributed by atoms with E-state index in [4.69, 9.17) is 29.9 Å². The lowest BCUT2D eigenvalue weighted by Gasteiger charge is -2.09. The number of rotatable bonds is 13. The van der Waals surface area contributed by atoms with Gasteiger partial charge in [0.15, 0.2) is 23.3 Å². The molecule has 4 heterocycles. The highest BCUT2D eigenvalue weighted by Gasteiger charge is 2.15. The highest BCUT2D eigenvalue weighted by Crippen LogP contribution is 2.33. The SMILES string of the molecule is Cc1cc(-c2ccccc2)cc(-c2ccc(-c3ccccc3)cc2)n1.Cc1cc(-c2ccccc2)nc(-c2ccc(-c3ccccc3)cc2)c1.Cc1cc(-c2ccccc2)nc(-c2ccc(-c3ccccc3)cc2)n1.Cc1ccc(-c2nc(-c3ccccc3)nc(-c3ccc(-c4ccccc4)cc3)n2)cc1. The summed E-state index contributed by atoms with van der Waals surface area (Å²) in [6.07, 6.45) is 0. The Bertz CT molecular complexity index is 5240. The van der Waals surface area contributed by atoms with E-state index < -0.39 is 0 Å². The molecule has 0 atom stereocenters. The quantitative estimate of drug-likeness (QED) is 0.114. The lowest BCUT2D eigenvalue weighted by Crippen LogP contribution is -2.00. The third-order valence-electron chi connectivity index (χ3n) is 18.1. The highest BCUT2D eigenvalue weighted by atomic mass is 15.0. The normalized spacial score (nSPS) is 10.6. The topological polar surface area (TPSA) is 90.2 Å². The van der Waals surface area contributed by atoms with Crippen molar-refractivity contribution in [3.05, 3.63) is 417 Å². The Hall–Kier alpha value is -13.8. The molecule has 0 amide bonds. The molecule has 0 N–H and O–H groups in total. The molecule has 4 aromatic heterocycles. The van der Waals surface area contributed by atoms with Crippen molar-refractivity contribution >= 4 is 0 Å². The predicted octanol–water partition coefficient (Wildman–Crippen LogP) is 25.4. The lowest BCUT2D eigenvalue weighted by atomic mass is 10.00. The molecule has 7 nitrogen and oxygen atoms in total. The third-order valence-corrected chi connectivity index (χ3v) is 18.1. The molecule has 17 rings (SSSR count). The Kier molecular flexibility index (Phi) is 22.1. The molecule has 508 valence electrons. The summed E-state index contributed by atoms with van der Waals surface area (Å²) >= 11 is 0. The van der Waals surface area contributed by atoms with Gasteiger partial charge in [-0.25, -0.2) is 29.9 Å². The molecule has 106 heavy (non-hydrogen) atoms. The first-order chi connectivity index (χ1) is 52.1. The minimum absolute atomic E-state index is 0.670. The van der Waals surface area contributed by atoms with Gasteiger partial charge in [-0.3, -0.25) is 4.98 Å². The highest BCUT2D eigenvalue weighted by molar-refractivity contribution is 5.77. The van der Waals surface area contributed by atoms with Crippen LogP contribution in [0.4, 0.5) is 0 Å². The molecule has 0 spiro atoms. The van der Waals surface area contributed by atoms with Crippen molar-refractivity contribution in [3.8, 4) is 146 Å². The Morgan fingerprint density at radius 3 is 0.689 bits per heavy atom.